The molecule has 2 aromatic rings. The van der Waals surface area contributed by atoms with Crippen molar-refractivity contribution in [3.63, 3.8) is 0 Å². The van der Waals surface area contributed by atoms with Gasteiger partial charge in [-0.25, -0.2) is 9.97 Å². The molecule has 9 heteroatoms. The zero-order chi connectivity index (χ0) is 18.8. The van der Waals surface area contributed by atoms with Crippen LogP contribution in [-0.2, 0) is 4.74 Å². The van der Waals surface area contributed by atoms with E-state index in [-0.39, 0.29) is 0 Å². The summed E-state index contributed by atoms with van der Waals surface area (Å²) in [6.07, 6.45) is 2.94. The minimum atomic E-state index is 0.371. The largest absolute Gasteiger partial charge is 0.378 e. The average Bonchev–Trinajstić information content (AvgIpc) is 3.38. The van der Waals surface area contributed by atoms with Crippen molar-refractivity contribution in [2.75, 3.05) is 61.1 Å². The Balaban J connectivity index is 1.43. The average molecular weight is 390 g/mol. The standard InChI is InChI=1S/C18H27N7OS/c1-13(2)16-21-18(27-22-16)25-7-5-14(12-25)23(3)15-4-6-19-17(20-15)24-8-10-26-11-9-24/h4,6,13-14H,5,7-12H2,1-3H3. The molecule has 4 heterocycles. The maximum Gasteiger partial charge on any atom is 0.227 e. The van der Waals surface area contributed by atoms with Gasteiger partial charge in [0.1, 0.15) is 11.6 Å². The fourth-order valence-electron chi connectivity index (χ4n) is 3.46. The van der Waals surface area contributed by atoms with Crippen LogP contribution in [0.15, 0.2) is 12.3 Å². The molecular weight excluding hydrogens is 362 g/mol. The predicted molar refractivity (Wildman–Crippen MR) is 108 cm³/mol. The van der Waals surface area contributed by atoms with Crippen LogP contribution in [0.2, 0.25) is 0 Å². The van der Waals surface area contributed by atoms with Gasteiger partial charge in [-0.05, 0) is 12.5 Å². The molecule has 1 unspecified atom stereocenters. The second kappa shape index (κ2) is 7.93. The van der Waals surface area contributed by atoms with Crippen LogP contribution in [0.25, 0.3) is 0 Å². The molecule has 2 aliphatic rings. The first-order valence-electron chi connectivity index (χ1n) is 9.59. The summed E-state index contributed by atoms with van der Waals surface area (Å²) in [5.74, 6) is 3.08. The van der Waals surface area contributed by atoms with Gasteiger partial charge in [0.25, 0.3) is 0 Å². The Morgan fingerprint density at radius 3 is 2.74 bits per heavy atom. The fraction of sp³-hybridized carbons (Fsp3) is 0.667. The molecule has 8 nitrogen and oxygen atoms in total. The molecule has 27 heavy (non-hydrogen) atoms. The summed E-state index contributed by atoms with van der Waals surface area (Å²) in [5, 5.41) is 1.03. The van der Waals surface area contributed by atoms with Gasteiger partial charge in [-0.15, -0.1) is 0 Å². The lowest BCUT2D eigenvalue weighted by molar-refractivity contribution is 0.122. The highest BCUT2D eigenvalue weighted by molar-refractivity contribution is 7.09. The molecule has 2 aliphatic heterocycles. The molecule has 2 fully saturated rings. The maximum atomic E-state index is 5.43. The molecule has 0 saturated carbocycles. The summed E-state index contributed by atoms with van der Waals surface area (Å²) >= 11 is 1.51. The Labute approximate surface area is 164 Å². The van der Waals surface area contributed by atoms with Crippen molar-refractivity contribution in [3.05, 3.63) is 18.1 Å². The molecule has 0 aromatic carbocycles. The number of hydrogen-bond acceptors (Lipinski definition) is 9. The minimum Gasteiger partial charge on any atom is -0.378 e. The van der Waals surface area contributed by atoms with Crippen LogP contribution in [0.5, 0.6) is 0 Å². The Bertz CT molecular complexity index is 762. The quantitative estimate of drug-likeness (QED) is 0.769. The van der Waals surface area contributed by atoms with Crippen molar-refractivity contribution >= 4 is 28.4 Å². The predicted octanol–water partition coefficient (Wildman–Crippen LogP) is 2.00. The molecule has 0 N–H and O–H groups in total. The number of likely N-dealkylation sites (N-methyl/N-ethyl adjacent to an activating group) is 1. The van der Waals surface area contributed by atoms with Crippen LogP contribution in [0, 0.1) is 0 Å². The fourth-order valence-corrected chi connectivity index (χ4v) is 4.30. The SMILES string of the molecule is CC(C)c1nsc(N2CCC(N(C)c3ccnc(N4CCOCC4)n3)C2)n1. The third kappa shape index (κ3) is 3.98. The summed E-state index contributed by atoms with van der Waals surface area (Å²) in [6.45, 7) is 9.38. The van der Waals surface area contributed by atoms with Crippen LogP contribution in [0.1, 0.15) is 32.0 Å². The van der Waals surface area contributed by atoms with E-state index in [0.717, 1.165) is 68.5 Å². The molecule has 2 saturated heterocycles. The summed E-state index contributed by atoms with van der Waals surface area (Å²) in [5.41, 5.74) is 0. The van der Waals surface area contributed by atoms with Gasteiger partial charge in [0.05, 0.1) is 13.2 Å². The van der Waals surface area contributed by atoms with E-state index >= 15 is 0 Å². The Kier molecular flexibility index (Phi) is 5.40. The maximum absolute atomic E-state index is 5.43. The van der Waals surface area contributed by atoms with Gasteiger partial charge in [-0.1, -0.05) is 13.8 Å². The first-order chi connectivity index (χ1) is 13.1. The van der Waals surface area contributed by atoms with Crippen LogP contribution >= 0.6 is 11.5 Å². The van der Waals surface area contributed by atoms with E-state index in [0.29, 0.717) is 12.0 Å². The van der Waals surface area contributed by atoms with Crippen molar-refractivity contribution in [3.8, 4) is 0 Å². The highest BCUT2D eigenvalue weighted by Crippen LogP contribution is 2.28. The number of morpholine rings is 1. The number of aromatic nitrogens is 4. The third-order valence-electron chi connectivity index (χ3n) is 5.21. The normalized spacial score (nSPS) is 20.5. The highest BCUT2D eigenvalue weighted by Gasteiger charge is 2.29. The van der Waals surface area contributed by atoms with Crippen LogP contribution in [0.4, 0.5) is 16.9 Å². The lowest BCUT2D eigenvalue weighted by Gasteiger charge is -2.29. The number of hydrogen-bond donors (Lipinski definition) is 0. The second-order valence-electron chi connectivity index (χ2n) is 7.40. The summed E-state index contributed by atoms with van der Waals surface area (Å²) in [4.78, 5) is 20.8. The zero-order valence-electron chi connectivity index (χ0n) is 16.2. The van der Waals surface area contributed by atoms with Gasteiger partial charge >= 0.3 is 0 Å². The van der Waals surface area contributed by atoms with E-state index < -0.39 is 0 Å². The van der Waals surface area contributed by atoms with E-state index in [1.807, 2.05) is 12.3 Å². The van der Waals surface area contributed by atoms with Crippen molar-refractivity contribution in [2.24, 2.45) is 0 Å². The number of rotatable bonds is 5. The Morgan fingerprint density at radius 1 is 1.19 bits per heavy atom. The summed E-state index contributed by atoms with van der Waals surface area (Å²) in [7, 11) is 2.12. The van der Waals surface area contributed by atoms with Crippen molar-refractivity contribution < 1.29 is 4.74 Å². The molecular formula is C18H27N7OS. The topological polar surface area (TPSA) is 70.5 Å². The summed E-state index contributed by atoms with van der Waals surface area (Å²) in [6, 6.07) is 2.40. The van der Waals surface area contributed by atoms with Crippen LogP contribution < -0.4 is 14.7 Å². The molecule has 0 radical (unpaired) electrons. The van der Waals surface area contributed by atoms with Crippen LogP contribution in [0.3, 0.4) is 0 Å². The molecule has 0 spiro atoms. The van der Waals surface area contributed by atoms with Gasteiger partial charge in [-0.3, -0.25) is 0 Å². The van der Waals surface area contributed by atoms with Crippen LogP contribution in [-0.4, -0.2) is 71.8 Å². The number of ether oxygens (including phenoxy) is 1. The van der Waals surface area contributed by atoms with E-state index in [4.69, 9.17) is 14.7 Å². The van der Waals surface area contributed by atoms with Crippen molar-refractivity contribution in [1.29, 1.82) is 0 Å². The lowest BCUT2D eigenvalue weighted by atomic mass is 10.2. The van der Waals surface area contributed by atoms with Crippen molar-refractivity contribution in [1.82, 2.24) is 19.3 Å². The van der Waals surface area contributed by atoms with Gasteiger partial charge in [-0.2, -0.15) is 9.36 Å². The second-order valence-corrected chi connectivity index (χ2v) is 8.13. The Morgan fingerprint density at radius 2 is 2.00 bits per heavy atom. The van der Waals surface area contributed by atoms with Gasteiger partial charge < -0.3 is 19.4 Å². The molecule has 146 valence electrons. The molecule has 0 aliphatic carbocycles. The molecule has 0 amide bonds. The molecule has 0 bridgehead atoms. The third-order valence-corrected chi connectivity index (χ3v) is 6.00. The lowest BCUT2D eigenvalue weighted by Crippen LogP contribution is -2.38. The van der Waals surface area contributed by atoms with Gasteiger partial charge in [0.2, 0.25) is 11.1 Å². The zero-order valence-corrected chi connectivity index (χ0v) is 17.0. The minimum absolute atomic E-state index is 0.371. The first kappa shape index (κ1) is 18.4. The van der Waals surface area contributed by atoms with Crippen molar-refractivity contribution in [2.45, 2.75) is 32.2 Å². The first-order valence-corrected chi connectivity index (χ1v) is 10.4. The monoisotopic (exact) mass is 389 g/mol. The molecule has 2 aromatic heterocycles. The Hall–Kier alpha value is -2.00. The van der Waals surface area contributed by atoms with E-state index in [1.54, 1.807) is 0 Å². The van der Waals surface area contributed by atoms with Gasteiger partial charge in [0, 0.05) is 62.9 Å². The van der Waals surface area contributed by atoms with Gasteiger partial charge in [0.15, 0.2) is 0 Å². The van der Waals surface area contributed by atoms with E-state index in [2.05, 4.69) is 45.0 Å². The number of nitrogens with zero attached hydrogens (tertiary/aromatic N) is 7. The molecule has 4 rings (SSSR count). The summed E-state index contributed by atoms with van der Waals surface area (Å²) < 4.78 is 9.92. The highest BCUT2D eigenvalue weighted by atomic mass is 32.1. The van der Waals surface area contributed by atoms with E-state index in [9.17, 15) is 0 Å². The number of anilines is 3. The molecule has 1 atom stereocenters. The smallest absolute Gasteiger partial charge is 0.227 e. The van der Waals surface area contributed by atoms with E-state index in [1.165, 1.54) is 11.5 Å².